The minimum Gasteiger partial charge on any atom is -0.325 e. The zero-order valence-electron chi connectivity index (χ0n) is 17.1. The van der Waals surface area contributed by atoms with Crippen LogP contribution in [0.3, 0.4) is 0 Å². The van der Waals surface area contributed by atoms with Gasteiger partial charge in [0.2, 0.25) is 11.8 Å². The number of sulfone groups is 1. The van der Waals surface area contributed by atoms with Crippen molar-refractivity contribution in [1.29, 1.82) is 0 Å². The normalized spacial score (nSPS) is 17.1. The number of amides is 2. The van der Waals surface area contributed by atoms with E-state index in [0.29, 0.717) is 18.2 Å². The Morgan fingerprint density at radius 1 is 1.17 bits per heavy atom. The first-order valence-electron chi connectivity index (χ1n) is 9.58. The van der Waals surface area contributed by atoms with Gasteiger partial charge in [0, 0.05) is 30.6 Å². The predicted molar refractivity (Wildman–Crippen MR) is 114 cm³/mol. The van der Waals surface area contributed by atoms with Crippen molar-refractivity contribution in [1.82, 2.24) is 0 Å². The summed E-state index contributed by atoms with van der Waals surface area (Å²) in [6, 6.07) is 12.5. The van der Waals surface area contributed by atoms with Crippen LogP contribution in [0, 0.1) is 12.8 Å². The number of carbonyl (C=O) groups excluding carboxylic acids is 2. The van der Waals surface area contributed by atoms with Crippen molar-refractivity contribution < 1.29 is 18.0 Å². The lowest BCUT2D eigenvalue weighted by molar-refractivity contribution is -0.122. The van der Waals surface area contributed by atoms with Crippen LogP contribution in [-0.2, 0) is 19.4 Å². The number of anilines is 2. The van der Waals surface area contributed by atoms with Crippen LogP contribution in [0.15, 0.2) is 47.4 Å². The Hall–Kier alpha value is -2.67. The Kier molecular flexibility index (Phi) is 5.80. The topological polar surface area (TPSA) is 83.5 Å². The standard InChI is InChI=1S/C22H26N2O4S/c1-14(2)16-6-5-7-18(10-16)24-13-17(11-21(24)25)22(26)23-20-12-19(29(4,27)28)9-8-15(20)3/h5-10,12,14,17H,11,13H2,1-4H3,(H,23,26). The minimum absolute atomic E-state index is 0.0901. The van der Waals surface area contributed by atoms with E-state index >= 15 is 0 Å². The van der Waals surface area contributed by atoms with E-state index in [9.17, 15) is 18.0 Å². The largest absolute Gasteiger partial charge is 0.325 e. The Morgan fingerprint density at radius 2 is 1.90 bits per heavy atom. The van der Waals surface area contributed by atoms with Crippen molar-refractivity contribution in [3.63, 3.8) is 0 Å². The molecule has 2 aromatic rings. The van der Waals surface area contributed by atoms with Crippen LogP contribution in [0.4, 0.5) is 11.4 Å². The van der Waals surface area contributed by atoms with Gasteiger partial charge < -0.3 is 10.2 Å². The summed E-state index contributed by atoms with van der Waals surface area (Å²) in [6.07, 6.45) is 1.25. The van der Waals surface area contributed by atoms with Crippen LogP contribution >= 0.6 is 0 Å². The average Bonchev–Trinajstić information content (AvgIpc) is 3.04. The third-order valence-corrected chi connectivity index (χ3v) is 6.35. The molecule has 0 bridgehead atoms. The van der Waals surface area contributed by atoms with Gasteiger partial charge in [-0.15, -0.1) is 0 Å². The van der Waals surface area contributed by atoms with Crippen molar-refractivity contribution >= 4 is 33.0 Å². The maximum atomic E-state index is 12.8. The number of nitrogens with zero attached hydrogens (tertiary/aromatic N) is 1. The first-order valence-corrected chi connectivity index (χ1v) is 11.5. The molecule has 2 aromatic carbocycles. The van der Waals surface area contributed by atoms with Gasteiger partial charge >= 0.3 is 0 Å². The summed E-state index contributed by atoms with van der Waals surface area (Å²) < 4.78 is 23.6. The highest BCUT2D eigenvalue weighted by Gasteiger charge is 2.35. The Morgan fingerprint density at radius 3 is 2.55 bits per heavy atom. The molecule has 1 N–H and O–H groups in total. The van der Waals surface area contributed by atoms with E-state index < -0.39 is 15.8 Å². The van der Waals surface area contributed by atoms with E-state index in [1.165, 1.54) is 12.1 Å². The molecule has 1 fully saturated rings. The van der Waals surface area contributed by atoms with E-state index in [1.807, 2.05) is 24.3 Å². The summed E-state index contributed by atoms with van der Waals surface area (Å²) in [5.74, 6) is -0.523. The van der Waals surface area contributed by atoms with Gasteiger partial charge in [-0.1, -0.05) is 32.0 Å². The summed E-state index contributed by atoms with van der Waals surface area (Å²) in [7, 11) is -3.38. The molecule has 0 saturated carbocycles. The second-order valence-corrected chi connectivity index (χ2v) is 9.91. The lowest BCUT2D eigenvalue weighted by atomic mass is 10.0. The fraction of sp³-hybridized carbons (Fsp3) is 0.364. The van der Waals surface area contributed by atoms with E-state index in [4.69, 9.17) is 0 Å². The molecule has 1 aliphatic rings. The fourth-order valence-electron chi connectivity index (χ4n) is 3.39. The first kappa shape index (κ1) is 21.0. The van der Waals surface area contributed by atoms with Gasteiger partial charge in [-0.2, -0.15) is 0 Å². The van der Waals surface area contributed by atoms with E-state index in [1.54, 1.807) is 17.9 Å². The molecule has 0 aromatic heterocycles. The summed E-state index contributed by atoms with van der Waals surface area (Å²) in [4.78, 5) is 27.1. The van der Waals surface area contributed by atoms with Gasteiger partial charge in [-0.05, 0) is 48.2 Å². The van der Waals surface area contributed by atoms with Gasteiger partial charge in [0.25, 0.3) is 0 Å². The highest BCUT2D eigenvalue weighted by atomic mass is 32.2. The van der Waals surface area contributed by atoms with Crippen molar-refractivity contribution in [3.05, 3.63) is 53.6 Å². The minimum atomic E-state index is -3.38. The molecule has 1 unspecified atom stereocenters. The highest BCUT2D eigenvalue weighted by molar-refractivity contribution is 7.90. The summed E-state index contributed by atoms with van der Waals surface area (Å²) >= 11 is 0. The Balaban J connectivity index is 1.77. The summed E-state index contributed by atoms with van der Waals surface area (Å²) in [5.41, 5.74) is 3.14. The zero-order valence-corrected chi connectivity index (χ0v) is 17.9. The maximum Gasteiger partial charge on any atom is 0.229 e. The molecular formula is C22H26N2O4S. The molecule has 2 amide bonds. The summed E-state index contributed by atoms with van der Waals surface area (Å²) in [5, 5.41) is 2.80. The van der Waals surface area contributed by atoms with Gasteiger partial charge in [0.05, 0.1) is 10.8 Å². The molecule has 0 aliphatic carbocycles. The third-order valence-electron chi connectivity index (χ3n) is 5.24. The number of rotatable bonds is 5. The number of benzene rings is 2. The molecule has 1 aliphatic heterocycles. The number of hydrogen-bond donors (Lipinski definition) is 1. The molecular weight excluding hydrogens is 388 g/mol. The Bertz CT molecular complexity index is 1060. The van der Waals surface area contributed by atoms with Crippen molar-refractivity contribution in [3.8, 4) is 0 Å². The number of nitrogens with one attached hydrogen (secondary N) is 1. The Labute approximate surface area is 171 Å². The molecule has 1 atom stereocenters. The molecule has 0 radical (unpaired) electrons. The van der Waals surface area contributed by atoms with E-state index in [-0.39, 0.29) is 23.1 Å². The van der Waals surface area contributed by atoms with Crippen molar-refractivity contribution in [2.45, 2.75) is 38.0 Å². The molecule has 0 spiro atoms. The van der Waals surface area contributed by atoms with E-state index in [0.717, 1.165) is 23.1 Å². The number of carbonyl (C=O) groups is 2. The van der Waals surface area contributed by atoms with Crippen LogP contribution in [0.2, 0.25) is 0 Å². The van der Waals surface area contributed by atoms with Gasteiger partial charge in [0.1, 0.15) is 0 Å². The molecule has 1 saturated heterocycles. The maximum absolute atomic E-state index is 12.8. The molecule has 6 nitrogen and oxygen atoms in total. The second-order valence-electron chi connectivity index (χ2n) is 7.89. The molecule has 3 rings (SSSR count). The van der Waals surface area contributed by atoms with Gasteiger partial charge in [-0.3, -0.25) is 9.59 Å². The first-order chi connectivity index (χ1) is 13.6. The van der Waals surface area contributed by atoms with Crippen LogP contribution in [0.5, 0.6) is 0 Å². The van der Waals surface area contributed by atoms with Crippen LogP contribution < -0.4 is 10.2 Å². The third kappa shape index (κ3) is 4.67. The van der Waals surface area contributed by atoms with Gasteiger partial charge in [-0.25, -0.2) is 8.42 Å². The fourth-order valence-corrected chi connectivity index (χ4v) is 4.03. The monoisotopic (exact) mass is 414 g/mol. The van der Waals surface area contributed by atoms with E-state index in [2.05, 4.69) is 19.2 Å². The SMILES string of the molecule is Cc1ccc(S(C)(=O)=O)cc1NC(=O)C1CC(=O)N(c2cccc(C(C)C)c2)C1. The lowest BCUT2D eigenvalue weighted by Crippen LogP contribution is -2.28. The summed E-state index contributed by atoms with van der Waals surface area (Å²) in [6.45, 7) is 6.28. The van der Waals surface area contributed by atoms with Crippen LogP contribution in [0.25, 0.3) is 0 Å². The lowest BCUT2D eigenvalue weighted by Gasteiger charge is -2.19. The predicted octanol–water partition coefficient (Wildman–Crippen LogP) is 3.51. The van der Waals surface area contributed by atoms with Gasteiger partial charge in [0.15, 0.2) is 9.84 Å². The second kappa shape index (κ2) is 7.99. The van der Waals surface area contributed by atoms with Crippen molar-refractivity contribution in [2.24, 2.45) is 5.92 Å². The quantitative estimate of drug-likeness (QED) is 0.811. The number of aryl methyl sites for hydroxylation is 1. The van der Waals surface area contributed by atoms with Crippen LogP contribution in [-0.4, -0.2) is 33.0 Å². The van der Waals surface area contributed by atoms with Crippen LogP contribution in [0.1, 0.15) is 37.3 Å². The number of hydrogen-bond acceptors (Lipinski definition) is 4. The van der Waals surface area contributed by atoms with Crippen molar-refractivity contribution in [2.75, 3.05) is 23.0 Å². The zero-order chi connectivity index (χ0) is 21.3. The molecule has 7 heteroatoms. The average molecular weight is 415 g/mol. The smallest absolute Gasteiger partial charge is 0.229 e. The molecule has 29 heavy (non-hydrogen) atoms. The molecule has 154 valence electrons. The molecule has 1 heterocycles. The highest BCUT2D eigenvalue weighted by Crippen LogP contribution is 2.29.